The van der Waals surface area contributed by atoms with Crippen LogP contribution < -0.4 is 9.47 Å². The van der Waals surface area contributed by atoms with Crippen LogP contribution in [0.3, 0.4) is 0 Å². The van der Waals surface area contributed by atoms with Gasteiger partial charge in [0.05, 0.1) is 0 Å². The van der Waals surface area contributed by atoms with E-state index in [1.807, 2.05) is 18.2 Å². The van der Waals surface area contributed by atoms with Crippen molar-refractivity contribution in [2.75, 3.05) is 13.3 Å². The van der Waals surface area contributed by atoms with Gasteiger partial charge in [0.2, 0.25) is 6.79 Å². The van der Waals surface area contributed by atoms with Crippen molar-refractivity contribution in [2.45, 2.75) is 0 Å². The fraction of sp³-hybridized carbons (Fsp3) is 0.200. The van der Waals surface area contributed by atoms with Crippen molar-refractivity contribution in [1.29, 1.82) is 0 Å². The van der Waals surface area contributed by atoms with Gasteiger partial charge in [0.1, 0.15) is 0 Å². The molecular weight excluding hydrogens is 274 g/mol. The molecule has 6 heteroatoms. The number of rotatable bonds is 3. The van der Waals surface area contributed by atoms with Gasteiger partial charge in [0, 0.05) is 15.9 Å². The molecule has 0 saturated heterocycles. The highest BCUT2D eigenvalue weighted by molar-refractivity contribution is 9.10. The molecule has 0 bridgehead atoms. The molecule has 2 rings (SSSR count). The molecule has 1 aliphatic heterocycles. The number of fused-ring (bicyclic) bond motifs is 1. The predicted molar refractivity (Wildman–Crippen MR) is 63.3 cm³/mol. The summed E-state index contributed by atoms with van der Waals surface area (Å²) >= 11 is 3.43. The molecule has 1 aliphatic rings. The molecule has 0 radical (unpaired) electrons. The second kappa shape index (κ2) is 4.92. The second-order valence-corrected chi connectivity index (χ2v) is 3.90. The molecule has 0 amide bonds. The van der Waals surface area contributed by atoms with Crippen LogP contribution in [0.1, 0.15) is 5.56 Å². The third-order valence-corrected chi connectivity index (χ3v) is 2.73. The molecule has 0 saturated carbocycles. The minimum Gasteiger partial charge on any atom is -0.454 e. The molecule has 82 valence electrons. The van der Waals surface area contributed by atoms with E-state index in [0.717, 1.165) is 21.5 Å². The van der Waals surface area contributed by atoms with Crippen LogP contribution in [0.15, 0.2) is 27.8 Å². The number of hydrogen-bond donors (Lipinski definition) is 0. The van der Waals surface area contributed by atoms with E-state index < -0.39 is 0 Å². The molecule has 16 heavy (non-hydrogen) atoms. The van der Waals surface area contributed by atoms with Gasteiger partial charge in [0.15, 0.2) is 11.5 Å². The smallest absolute Gasteiger partial charge is 0.231 e. The summed E-state index contributed by atoms with van der Waals surface area (Å²) in [4.78, 5) is 2.66. The monoisotopic (exact) mass is 281 g/mol. The lowest BCUT2D eigenvalue weighted by Gasteiger charge is -2.01. The maximum Gasteiger partial charge on any atom is 0.231 e. The van der Waals surface area contributed by atoms with Crippen LogP contribution in [-0.4, -0.2) is 13.3 Å². The molecule has 1 aromatic rings. The van der Waals surface area contributed by atoms with E-state index in [2.05, 4.69) is 26.0 Å². The fourth-order valence-electron chi connectivity index (χ4n) is 1.32. The Labute approximate surface area is 100 Å². The van der Waals surface area contributed by atoms with Crippen LogP contribution >= 0.6 is 15.9 Å². The first-order valence-electron chi connectivity index (χ1n) is 4.58. The number of nitrogens with zero attached hydrogens (tertiary/aromatic N) is 3. The third-order valence-electron chi connectivity index (χ3n) is 2.04. The molecule has 0 fully saturated rings. The van der Waals surface area contributed by atoms with E-state index in [0.29, 0.717) is 6.54 Å². The zero-order valence-electron chi connectivity index (χ0n) is 8.26. The first-order valence-corrected chi connectivity index (χ1v) is 5.37. The van der Waals surface area contributed by atoms with Crippen molar-refractivity contribution in [3.8, 4) is 11.5 Å². The Bertz CT molecular complexity index is 481. The van der Waals surface area contributed by atoms with Gasteiger partial charge in [-0.15, -0.1) is 0 Å². The van der Waals surface area contributed by atoms with Crippen molar-refractivity contribution >= 4 is 22.0 Å². The number of ether oxygens (including phenoxy) is 2. The first-order chi connectivity index (χ1) is 7.81. The van der Waals surface area contributed by atoms with Gasteiger partial charge in [-0.3, -0.25) is 0 Å². The van der Waals surface area contributed by atoms with Crippen LogP contribution in [0.2, 0.25) is 0 Å². The van der Waals surface area contributed by atoms with Crippen LogP contribution in [-0.2, 0) is 0 Å². The molecule has 5 nitrogen and oxygen atoms in total. The van der Waals surface area contributed by atoms with Crippen molar-refractivity contribution in [1.82, 2.24) is 0 Å². The summed E-state index contributed by atoms with van der Waals surface area (Å²) in [7, 11) is 0. The Morgan fingerprint density at radius 1 is 1.44 bits per heavy atom. The van der Waals surface area contributed by atoms with Crippen LogP contribution in [0, 0.1) is 0 Å². The maximum absolute atomic E-state index is 8.12. The Balaban J connectivity index is 2.21. The van der Waals surface area contributed by atoms with E-state index in [1.54, 1.807) is 6.08 Å². The van der Waals surface area contributed by atoms with Crippen LogP contribution in [0.25, 0.3) is 16.5 Å². The lowest BCUT2D eigenvalue weighted by Crippen LogP contribution is -1.92. The molecule has 0 spiro atoms. The number of azide groups is 1. The van der Waals surface area contributed by atoms with E-state index in [4.69, 9.17) is 15.0 Å². The van der Waals surface area contributed by atoms with Crippen molar-refractivity contribution in [3.05, 3.63) is 38.7 Å². The Morgan fingerprint density at radius 2 is 2.19 bits per heavy atom. The molecule has 0 atom stereocenters. The lowest BCUT2D eigenvalue weighted by molar-refractivity contribution is 0.174. The quantitative estimate of drug-likeness (QED) is 0.483. The van der Waals surface area contributed by atoms with Crippen molar-refractivity contribution in [2.24, 2.45) is 5.11 Å². The molecule has 1 heterocycles. The van der Waals surface area contributed by atoms with Gasteiger partial charge in [-0.1, -0.05) is 33.2 Å². The molecule has 0 N–H and O–H groups in total. The summed E-state index contributed by atoms with van der Waals surface area (Å²) in [5, 5.41) is 3.41. The van der Waals surface area contributed by atoms with Crippen molar-refractivity contribution in [3.63, 3.8) is 0 Å². The summed E-state index contributed by atoms with van der Waals surface area (Å²) in [5.41, 5.74) is 9.08. The fourth-order valence-corrected chi connectivity index (χ4v) is 1.78. The average Bonchev–Trinajstić information content (AvgIpc) is 2.71. The molecular formula is C10H8BrN3O2. The molecule has 0 unspecified atom stereocenters. The minimum absolute atomic E-state index is 0.258. The number of hydrogen-bond acceptors (Lipinski definition) is 3. The third kappa shape index (κ3) is 2.29. The number of halogens is 1. The standard InChI is InChI=1S/C10H8BrN3O2/c11-8-5-10-9(15-6-16-10)4-7(8)2-1-3-13-14-12/h1-2,4-5H,3,6H2. The zero-order valence-corrected chi connectivity index (χ0v) is 9.85. The van der Waals surface area contributed by atoms with Crippen LogP contribution in [0.5, 0.6) is 11.5 Å². The van der Waals surface area contributed by atoms with E-state index in [9.17, 15) is 0 Å². The maximum atomic E-state index is 8.12. The molecule has 0 aromatic heterocycles. The highest BCUT2D eigenvalue weighted by Crippen LogP contribution is 2.37. The summed E-state index contributed by atoms with van der Waals surface area (Å²) in [6.07, 6.45) is 3.64. The van der Waals surface area contributed by atoms with E-state index >= 15 is 0 Å². The molecule has 1 aromatic carbocycles. The minimum atomic E-state index is 0.258. The average molecular weight is 282 g/mol. The summed E-state index contributed by atoms with van der Waals surface area (Å²) < 4.78 is 11.4. The topological polar surface area (TPSA) is 67.2 Å². The lowest BCUT2D eigenvalue weighted by atomic mass is 10.2. The summed E-state index contributed by atoms with van der Waals surface area (Å²) in [5.74, 6) is 1.46. The van der Waals surface area contributed by atoms with Crippen molar-refractivity contribution < 1.29 is 9.47 Å². The Hall–Kier alpha value is -1.65. The Morgan fingerprint density at radius 3 is 2.94 bits per heavy atom. The first kappa shape index (κ1) is 10.9. The van der Waals surface area contributed by atoms with Gasteiger partial charge in [-0.2, -0.15) is 0 Å². The Kier molecular flexibility index (Phi) is 3.34. The highest BCUT2D eigenvalue weighted by atomic mass is 79.9. The predicted octanol–water partition coefficient (Wildman–Crippen LogP) is 3.50. The van der Waals surface area contributed by atoms with Gasteiger partial charge in [0.25, 0.3) is 0 Å². The summed E-state index contributed by atoms with van der Waals surface area (Å²) in [6.45, 7) is 0.588. The summed E-state index contributed by atoms with van der Waals surface area (Å²) in [6, 6.07) is 3.73. The van der Waals surface area contributed by atoms with E-state index in [-0.39, 0.29) is 6.79 Å². The normalized spacial score (nSPS) is 12.8. The van der Waals surface area contributed by atoms with Gasteiger partial charge < -0.3 is 9.47 Å². The largest absolute Gasteiger partial charge is 0.454 e. The zero-order chi connectivity index (χ0) is 11.4. The number of benzene rings is 1. The van der Waals surface area contributed by atoms with Gasteiger partial charge in [-0.25, -0.2) is 0 Å². The SMILES string of the molecule is [N-]=[N+]=NCC=Cc1cc2c(cc1Br)OCO2. The van der Waals surface area contributed by atoms with Gasteiger partial charge >= 0.3 is 0 Å². The van der Waals surface area contributed by atoms with Gasteiger partial charge in [-0.05, 0) is 23.2 Å². The van der Waals surface area contributed by atoms with Crippen LogP contribution in [0.4, 0.5) is 0 Å². The molecule has 0 aliphatic carbocycles. The highest BCUT2D eigenvalue weighted by Gasteiger charge is 2.14. The second-order valence-electron chi connectivity index (χ2n) is 3.04. The van der Waals surface area contributed by atoms with E-state index in [1.165, 1.54) is 0 Å².